The van der Waals surface area contributed by atoms with E-state index in [1.165, 1.54) is 17.4 Å². The number of amides is 1. The van der Waals surface area contributed by atoms with Gasteiger partial charge in [-0.15, -0.1) is 0 Å². The van der Waals surface area contributed by atoms with Crippen LogP contribution < -0.4 is 5.32 Å². The number of nitrogens with one attached hydrogen (secondary N) is 1. The summed E-state index contributed by atoms with van der Waals surface area (Å²) < 4.78 is 14.5. The van der Waals surface area contributed by atoms with Crippen LogP contribution in [0.3, 0.4) is 0 Å². The zero-order valence-electron chi connectivity index (χ0n) is 14.4. The molecule has 2 aromatic rings. The zero-order valence-corrected chi connectivity index (χ0v) is 16.0. The molecular weight excluding hydrogens is 363 g/mol. The normalized spacial score (nSPS) is 18.8. The van der Waals surface area contributed by atoms with Gasteiger partial charge in [0.05, 0.1) is 10.6 Å². The van der Waals surface area contributed by atoms with E-state index in [-0.39, 0.29) is 17.3 Å². The molecule has 1 aromatic carbocycles. The van der Waals surface area contributed by atoms with Crippen molar-refractivity contribution >= 4 is 44.2 Å². The molecule has 1 aromatic heterocycles. The quantitative estimate of drug-likeness (QED) is 0.859. The minimum absolute atomic E-state index is 0.0416. The van der Waals surface area contributed by atoms with Crippen molar-refractivity contribution in [1.82, 2.24) is 14.8 Å². The van der Waals surface area contributed by atoms with Crippen molar-refractivity contribution < 1.29 is 9.18 Å². The molecule has 1 aliphatic rings. The van der Waals surface area contributed by atoms with Crippen LogP contribution in [0.4, 0.5) is 9.52 Å². The second-order valence-electron chi connectivity index (χ2n) is 6.69. The predicted molar refractivity (Wildman–Crippen MR) is 101 cm³/mol. The van der Waals surface area contributed by atoms with Gasteiger partial charge >= 0.3 is 0 Å². The number of anilines is 1. The average Bonchev–Trinajstić information content (AvgIpc) is 2.96. The van der Waals surface area contributed by atoms with Crippen molar-refractivity contribution in [3.8, 4) is 0 Å². The van der Waals surface area contributed by atoms with E-state index in [9.17, 15) is 9.18 Å². The van der Waals surface area contributed by atoms with Gasteiger partial charge in [0.15, 0.2) is 10.9 Å². The molecule has 2 heterocycles. The monoisotopic (exact) mass is 384 g/mol. The van der Waals surface area contributed by atoms with E-state index in [4.69, 9.17) is 11.6 Å². The number of hydrogen-bond acceptors (Lipinski definition) is 5. The highest BCUT2D eigenvalue weighted by atomic mass is 35.5. The molecule has 0 aliphatic carbocycles. The number of piperidine rings is 1. The molecule has 136 valence electrons. The third-order valence-electron chi connectivity index (χ3n) is 4.38. The molecule has 8 heteroatoms. The minimum Gasteiger partial charge on any atom is -0.308 e. The first-order chi connectivity index (χ1) is 11.9. The molecule has 1 saturated heterocycles. The van der Waals surface area contributed by atoms with Crippen LogP contribution in [0, 0.1) is 11.7 Å². The summed E-state index contributed by atoms with van der Waals surface area (Å²) in [6, 6.07) is 2.90. The van der Waals surface area contributed by atoms with Crippen LogP contribution in [0.1, 0.15) is 12.8 Å². The average molecular weight is 385 g/mol. The van der Waals surface area contributed by atoms with Crippen molar-refractivity contribution in [3.05, 3.63) is 23.0 Å². The van der Waals surface area contributed by atoms with Gasteiger partial charge < -0.3 is 15.1 Å². The fourth-order valence-corrected chi connectivity index (χ4v) is 4.22. The highest BCUT2D eigenvalue weighted by Crippen LogP contribution is 2.31. The molecule has 0 spiro atoms. The number of benzene rings is 1. The molecule has 0 bridgehead atoms. The standard InChI is InChI=1S/C17H22ClFN4OS/c1-22(2)6-7-23-5-3-4-11(10-23)16(24)21-17-20-15-13(19)8-12(18)9-14(15)25-17/h8-9,11H,3-7,10H2,1-2H3,(H,20,21,24). The summed E-state index contributed by atoms with van der Waals surface area (Å²) in [5.41, 5.74) is 0.251. The smallest absolute Gasteiger partial charge is 0.230 e. The Morgan fingerprint density at radius 2 is 2.32 bits per heavy atom. The molecule has 1 amide bonds. The third kappa shape index (κ3) is 4.67. The summed E-state index contributed by atoms with van der Waals surface area (Å²) in [4.78, 5) is 21.2. The lowest BCUT2D eigenvalue weighted by atomic mass is 9.97. The van der Waals surface area contributed by atoms with Gasteiger partial charge in [-0.1, -0.05) is 22.9 Å². The first-order valence-electron chi connectivity index (χ1n) is 8.36. The van der Waals surface area contributed by atoms with Gasteiger partial charge in [0.2, 0.25) is 5.91 Å². The summed E-state index contributed by atoms with van der Waals surface area (Å²) in [5, 5.41) is 3.61. The van der Waals surface area contributed by atoms with E-state index in [2.05, 4.69) is 20.1 Å². The van der Waals surface area contributed by atoms with Crippen LogP contribution in [0.2, 0.25) is 5.02 Å². The Labute approximate surface area is 155 Å². The Bertz CT molecular complexity index is 766. The Morgan fingerprint density at radius 3 is 3.08 bits per heavy atom. The SMILES string of the molecule is CN(C)CCN1CCCC(C(=O)Nc2nc3c(F)cc(Cl)cc3s2)C1. The molecule has 0 radical (unpaired) electrons. The molecule has 1 N–H and O–H groups in total. The van der Waals surface area contributed by atoms with Crippen molar-refractivity contribution in [2.24, 2.45) is 5.92 Å². The Hall–Kier alpha value is -1.28. The fraction of sp³-hybridized carbons (Fsp3) is 0.529. The third-order valence-corrected chi connectivity index (χ3v) is 5.52. The molecule has 3 rings (SSSR count). The molecule has 1 atom stereocenters. The summed E-state index contributed by atoms with van der Waals surface area (Å²) in [7, 11) is 4.10. The van der Waals surface area contributed by atoms with Gasteiger partial charge in [0.25, 0.3) is 0 Å². The Morgan fingerprint density at radius 1 is 1.52 bits per heavy atom. The lowest BCUT2D eigenvalue weighted by Crippen LogP contribution is -2.43. The van der Waals surface area contributed by atoms with Crippen LogP contribution in [-0.2, 0) is 4.79 Å². The number of fused-ring (bicyclic) bond motifs is 1. The maximum absolute atomic E-state index is 13.9. The van der Waals surface area contributed by atoms with Crippen LogP contribution >= 0.6 is 22.9 Å². The van der Waals surface area contributed by atoms with Crippen molar-refractivity contribution in [1.29, 1.82) is 0 Å². The molecular formula is C17H22ClFN4OS. The van der Waals surface area contributed by atoms with Gasteiger partial charge in [0.1, 0.15) is 5.52 Å². The number of likely N-dealkylation sites (N-methyl/N-ethyl adjacent to an activating group) is 1. The zero-order chi connectivity index (χ0) is 18.0. The van der Waals surface area contributed by atoms with E-state index < -0.39 is 5.82 Å². The number of likely N-dealkylation sites (tertiary alicyclic amines) is 1. The summed E-state index contributed by atoms with van der Waals surface area (Å²) >= 11 is 7.12. The van der Waals surface area contributed by atoms with E-state index >= 15 is 0 Å². The number of aromatic nitrogens is 1. The van der Waals surface area contributed by atoms with E-state index in [1.54, 1.807) is 6.07 Å². The predicted octanol–water partition coefficient (Wildman–Crippen LogP) is 3.30. The Kier molecular flexibility index (Phi) is 5.89. The van der Waals surface area contributed by atoms with Crippen LogP contribution in [0.25, 0.3) is 10.2 Å². The van der Waals surface area contributed by atoms with Crippen molar-refractivity contribution in [2.45, 2.75) is 12.8 Å². The van der Waals surface area contributed by atoms with Crippen molar-refractivity contribution in [3.63, 3.8) is 0 Å². The lowest BCUT2D eigenvalue weighted by Gasteiger charge is -2.32. The number of hydrogen-bond donors (Lipinski definition) is 1. The molecule has 1 aliphatic heterocycles. The molecule has 25 heavy (non-hydrogen) atoms. The maximum atomic E-state index is 13.9. The van der Waals surface area contributed by atoms with Crippen LogP contribution in [-0.4, -0.2) is 61.0 Å². The van der Waals surface area contributed by atoms with Gasteiger partial charge in [0, 0.05) is 24.7 Å². The highest BCUT2D eigenvalue weighted by molar-refractivity contribution is 7.22. The Balaban J connectivity index is 1.64. The van der Waals surface area contributed by atoms with Crippen molar-refractivity contribution in [2.75, 3.05) is 45.6 Å². The van der Waals surface area contributed by atoms with E-state index in [0.29, 0.717) is 14.9 Å². The van der Waals surface area contributed by atoms with Gasteiger partial charge in [-0.25, -0.2) is 9.37 Å². The number of rotatable bonds is 5. The first kappa shape index (κ1) is 18.5. The van der Waals surface area contributed by atoms with E-state index in [0.717, 1.165) is 39.0 Å². The molecule has 5 nitrogen and oxygen atoms in total. The molecule has 1 fully saturated rings. The maximum Gasteiger partial charge on any atom is 0.230 e. The van der Waals surface area contributed by atoms with Gasteiger partial charge in [-0.3, -0.25) is 4.79 Å². The lowest BCUT2D eigenvalue weighted by molar-refractivity contribution is -0.121. The fourth-order valence-electron chi connectivity index (χ4n) is 3.03. The summed E-state index contributed by atoms with van der Waals surface area (Å²) in [6.45, 7) is 3.72. The number of halogens is 2. The second kappa shape index (κ2) is 7.95. The van der Waals surface area contributed by atoms with Gasteiger partial charge in [-0.05, 0) is 45.6 Å². The first-order valence-corrected chi connectivity index (χ1v) is 9.55. The second-order valence-corrected chi connectivity index (χ2v) is 8.15. The molecule has 0 saturated carbocycles. The van der Waals surface area contributed by atoms with E-state index in [1.807, 2.05) is 14.1 Å². The number of carbonyl (C=O) groups is 1. The number of nitrogens with zero attached hydrogens (tertiary/aromatic N) is 3. The van der Waals surface area contributed by atoms with Gasteiger partial charge in [-0.2, -0.15) is 0 Å². The van der Waals surface area contributed by atoms with Crippen LogP contribution in [0.15, 0.2) is 12.1 Å². The number of carbonyl (C=O) groups excluding carboxylic acids is 1. The summed E-state index contributed by atoms with van der Waals surface area (Å²) in [5.74, 6) is -0.566. The van der Waals surface area contributed by atoms with Crippen LogP contribution in [0.5, 0.6) is 0 Å². The largest absolute Gasteiger partial charge is 0.308 e. The summed E-state index contributed by atoms with van der Waals surface area (Å²) in [6.07, 6.45) is 1.88. The highest BCUT2D eigenvalue weighted by Gasteiger charge is 2.26. The minimum atomic E-state index is -0.466. The molecule has 1 unspecified atom stereocenters. The topological polar surface area (TPSA) is 48.5 Å². The number of thiazole rings is 1.